The fourth-order valence-corrected chi connectivity index (χ4v) is 2.53. The molecule has 0 atom stereocenters. The first-order chi connectivity index (χ1) is 12.6. The minimum absolute atomic E-state index is 0.187. The van der Waals surface area contributed by atoms with E-state index in [4.69, 9.17) is 4.52 Å². The van der Waals surface area contributed by atoms with Gasteiger partial charge in [0.15, 0.2) is 5.82 Å². The van der Waals surface area contributed by atoms with Gasteiger partial charge in [-0.1, -0.05) is 5.16 Å². The number of halogens is 1. The average molecular weight is 354 g/mol. The summed E-state index contributed by atoms with van der Waals surface area (Å²) in [7, 11) is 0. The van der Waals surface area contributed by atoms with E-state index in [1.165, 1.54) is 41.1 Å². The number of carbonyl (C=O) groups is 1. The molecule has 1 aliphatic carbocycles. The molecule has 26 heavy (non-hydrogen) atoms. The molecular weight excluding hydrogens is 339 g/mol. The monoisotopic (exact) mass is 354 g/mol. The molecule has 0 spiro atoms. The van der Waals surface area contributed by atoms with Gasteiger partial charge in [-0.3, -0.25) is 9.59 Å². The highest BCUT2D eigenvalue weighted by Crippen LogP contribution is 2.38. The minimum Gasteiger partial charge on any atom is -0.334 e. The summed E-state index contributed by atoms with van der Waals surface area (Å²) in [5.41, 5.74) is 0.690. The maximum Gasteiger partial charge on any atom is 0.259 e. The van der Waals surface area contributed by atoms with Gasteiger partial charge in [0.05, 0.1) is 5.56 Å². The second kappa shape index (κ2) is 6.55. The van der Waals surface area contributed by atoms with E-state index in [1.54, 1.807) is 6.07 Å². The van der Waals surface area contributed by atoms with E-state index in [2.05, 4.69) is 15.5 Å². The van der Waals surface area contributed by atoms with Crippen LogP contribution in [0.15, 0.2) is 51.9 Å². The Morgan fingerprint density at radius 3 is 2.73 bits per heavy atom. The van der Waals surface area contributed by atoms with Crippen molar-refractivity contribution in [1.82, 2.24) is 14.7 Å². The molecule has 0 radical (unpaired) electrons. The number of rotatable bonds is 5. The van der Waals surface area contributed by atoms with Crippen LogP contribution in [-0.4, -0.2) is 20.6 Å². The van der Waals surface area contributed by atoms with E-state index in [0.717, 1.165) is 12.8 Å². The Morgan fingerprint density at radius 1 is 1.23 bits per heavy atom. The number of pyridine rings is 1. The Hall–Kier alpha value is -3.29. The fraction of sp³-hybridized carbons (Fsp3) is 0.222. The third kappa shape index (κ3) is 3.53. The molecule has 1 fully saturated rings. The topological polar surface area (TPSA) is 90.0 Å². The van der Waals surface area contributed by atoms with Gasteiger partial charge in [0.2, 0.25) is 5.91 Å². The van der Waals surface area contributed by atoms with Crippen molar-refractivity contribution >= 4 is 11.6 Å². The number of amides is 1. The largest absolute Gasteiger partial charge is 0.334 e. The van der Waals surface area contributed by atoms with Crippen molar-refractivity contribution < 1.29 is 13.7 Å². The quantitative estimate of drug-likeness (QED) is 0.760. The van der Waals surface area contributed by atoms with Gasteiger partial charge in [0, 0.05) is 23.9 Å². The summed E-state index contributed by atoms with van der Waals surface area (Å²) in [4.78, 5) is 28.5. The Kier molecular flexibility index (Phi) is 4.08. The van der Waals surface area contributed by atoms with Crippen molar-refractivity contribution in [2.45, 2.75) is 25.3 Å². The summed E-state index contributed by atoms with van der Waals surface area (Å²) in [5.74, 6) is 0.559. The molecule has 132 valence electrons. The normalized spacial score (nSPS) is 13.6. The highest BCUT2D eigenvalue weighted by Gasteiger charge is 2.29. The molecule has 4 rings (SSSR count). The van der Waals surface area contributed by atoms with Gasteiger partial charge >= 0.3 is 0 Å². The number of hydrogen-bond donors (Lipinski definition) is 1. The number of anilines is 1. The number of hydrogen-bond acceptors (Lipinski definition) is 5. The molecule has 3 aromatic rings. The predicted octanol–water partition coefficient (Wildman–Crippen LogP) is 2.55. The van der Waals surface area contributed by atoms with Crippen LogP contribution < -0.4 is 10.9 Å². The molecule has 1 saturated carbocycles. The second-order valence-corrected chi connectivity index (χ2v) is 6.17. The smallest absolute Gasteiger partial charge is 0.259 e. The fourth-order valence-electron chi connectivity index (χ4n) is 2.53. The average Bonchev–Trinajstić information content (AvgIpc) is 3.36. The van der Waals surface area contributed by atoms with Crippen LogP contribution >= 0.6 is 0 Å². The lowest BCUT2D eigenvalue weighted by atomic mass is 10.2. The van der Waals surface area contributed by atoms with Crippen molar-refractivity contribution in [2.24, 2.45) is 0 Å². The minimum atomic E-state index is -0.403. The lowest BCUT2D eigenvalue weighted by Gasteiger charge is -2.08. The second-order valence-electron chi connectivity index (χ2n) is 6.17. The van der Waals surface area contributed by atoms with Crippen molar-refractivity contribution in [2.75, 3.05) is 5.32 Å². The molecule has 1 amide bonds. The van der Waals surface area contributed by atoms with Crippen LogP contribution in [0, 0.1) is 5.82 Å². The van der Waals surface area contributed by atoms with E-state index >= 15 is 0 Å². The van der Waals surface area contributed by atoms with Crippen LogP contribution in [0.5, 0.6) is 0 Å². The van der Waals surface area contributed by atoms with E-state index in [9.17, 15) is 14.0 Å². The van der Waals surface area contributed by atoms with Crippen LogP contribution in [0.25, 0.3) is 11.5 Å². The molecule has 7 nitrogen and oxygen atoms in total. The first kappa shape index (κ1) is 16.2. The maximum atomic E-state index is 12.9. The van der Waals surface area contributed by atoms with Crippen molar-refractivity contribution in [3.63, 3.8) is 0 Å². The van der Waals surface area contributed by atoms with Gasteiger partial charge in [-0.2, -0.15) is 4.98 Å². The van der Waals surface area contributed by atoms with Crippen molar-refractivity contribution in [3.8, 4) is 11.5 Å². The third-order valence-electron chi connectivity index (χ3n) is 4.06. The SMILES string of the molecule is O=C(Cn1cc(-c2nc(C3CC3)no2)ccc1=O)Nc1ccc(F)cc1. The zero-order chi connectivity index (χ0) is 18.1. The Bertz CT molecular complexity index is 1010. The number of benzene rings is 1. The van der Waals surface area contributed by atoms with Crippen LogP contribution in [-0.2, 0) is 11.3 Å². The van der Waals surface area contributed by atoms with Gasteiger partial charge in [-0.25, -0.2) is 4.39 Å². The molecule has 0 aliphatic heterocycles. The number of carbonyl (C=O) groups excluding carboxylic acids is 1. The van der Waals surface area contributed by atoms with E-state index < -0.39 is 11.7 Å². The molecule has 0 saturated heterocycles. The van der Waals surface area contributed by atoms with Crippen LogP contribution in [0.3, 0.4) is 0 Å². The Balaban J connectivity index is 1.51. The van der Waals surface area contributed by atoms with E-state index in [1.807, 2.05) is 0 Å². The predicted molar refractivity (Wildman–Crippen MR) is 91.0 cm³/mol. The third-order valence-corrected chi connectivity index (χ3v) is 4.06. The van der Waals surface area contributed by atoms with Crippen LogP contribution in [0.4, 0.5) is 10.1 Å². The first-order valence-corrected chi connectivity index (χ1v) is 8.18. The highest BCUT2D eigenvalue weighted by molar-refractivity contribution is 5.90. The highest BCUT2D eigenvalue weighted by atomic mass is 19.1. The molecule has 1 aromatic carbocycles. The molecule has 0 bridgehead atoms. The van der Waals surface area contributed by atoms with Crippen LogP contribution in [0.1, 0.15) is 24.6 Å². The number of nitrogens with one attached hydrogen (secondary N) is 1. The lowest BCUT2D eigenvalue weighted by molar-refractivity contribution is -0.116. The summed E-state index contributed by atoms with van der Waals surface area (Å²) in [5, 5.41) is 6.56. The molecule has 2 aromatic heterocycles. The summed E-state index contributed by atoms with van der Waals surface area (Å²) in [6.07, 6.45) is 3.63. The molecule has 0 unspecified atom stereocenters. The van der Waals surface area contributed by atoms with E-state index in [-0.39, 0.29) is 12.1 Å². The zero-order valence-corrected chi connectivity index (χ0v) is 13.7. The molecular formula is C18H15FN4O3. The van der Waals surface area contributed by atoms with Gasteiger partial charge in [-0.15, -0.1) is 0 Å². The lowest BCUT2D eigenvalue weighted by Crippen LogP contribution is -2.26. The summed E-state index contributed by atoms with van der Waals surface area (Å²) >= 11 is 0. The zero-order valence-electron chi connectivity index (χ0n) is 13.7. The van der Waals surface area contributed by atoms with E-state index in [0.29, 0.717) is 28.9 Å². The standard InChI is InChI=1S/C18H15FN4O3/c19-13-4-6-14(7-5-13)20-15(24)10-23-9-12(3-8-16(23)25)18-21-17(22-26-18)11-1-2-11/h3-9,11H,1-2,10H2,(H,20,24). The molecule has 2 heterocycles. The summed E-state index contributed by atoms with van der Waals surface area (Å²) < 4.78 is 19.4. The van der Waals surface area contributed by atoms with Gasteiger partial charge in [0.1, 0.15) is 12.4 Å². The Morgan fingerprint density at radius 2 is 2.00 bits per heavy atom. The van der Waals surface area contributed by atoms with Crippen molar-refractivity contribution in [1.29, 1.82) is 0 Å². The van der Waals surface area contributed by atoms with Gasteiger partial charge in [-0.05, 0) is 43.2 Å². The first-order valence-electron chi connectivity index (χ1n) is 8.18. The van der Waals surface area contributed by atoms with Gasteiger partial charge in [0.25, 0.3) is 11.4 Å². The number of aromatic nitrogens is 3. The van der Waals surface area contributed by atoms with Gasteiger partial charge < -0.3 is 14.4 Å². The Labute approximate surface area is 147 Å². The number of nitrogens with zero attached hydrogens (tertiary/aromatic N) is 3. The molecule has 8 heteroatoms. The van der Waals surface area contributed by atoms with Crippen molar-refractivity contribution in [3.05, 3.63) is 64.6 Å². The molecule has 1 N–H and O–H groups in total. The maximum absolute atomic E-state index is 12.9. The summed E-state index contributed by atoms with van der Waals surface area (Å²) in [6.45, 7) is -0.187. The van der Waals surface area contributed by atoms with Crippen LogP contribution in [0.2, 0.25) is 0 Å². The molecule has 1 aliphatic rings. The summed E-state index contributed by atoms with van der Waals surface area (Å²) in [6, 6.07) is 8.32.